The molecule has 1 aliphatic heterocycles. The molecule has 88 valence electrons. The van der Waals surface area contributed by atoms with Gasteiger partial charge in [0.05, 0.1) is 6.61 Å². The van der Waals surface area contributed by atoms with Gasteiger partial charge in [-0.1, -0.05) is 12.1 Å². The van der Waals surface area contributed by atoms with Crippen LogP contribution in [0.4, 0.5) is 0 Å². The van der Waals surface area contributed by atoms with Gasteiger partial charge in [0.2, 0.25) is 0 Å². The first-order valence-corrected chi connectivity index (χ1v) is 6.03. The molecule has 3 nitrogen and oxygen atoms in total. The van der Waals surface area contributed by atoms with Gasteiger partial charge in [-0.25, -0.2) is 0 Å². The first kappa shape index (κ1) is 11.4. The summed E-state index contributed by atoms with van der Waals surface area (Å²) in [5.74, 6) is 0.927. The predicted molar refractivity (Wildman–Crippen MR) is 65.6 cm³/mol. The summed E-state index contributed by atoms with van der Waals surface area (Å²) in [7, 11) is 0. The molecule has 3 heteroatoms. The van der Waals surface area contributed by atoms with Crippen molar-refractivity contribution in [3.05, 3.63) is 29.8 Å². The molecule has 0 bridgehead atoms. The highest BCUT2D eigenvalue weighted by molar-refractivity contribution is 5.30. The van der Waals surface area contributed by atoms with Crippen molar-refractivity contribution in [3.8, 4) is 5.75 Å². The fourth-order valence-corrected chi connectivity index (χ4v) is 2.22. The number of hydrogen-bond donors (Lipinski definition) is 2. The number of nitrogens with one attached hydrogen (secondary N) is 1. The Morgan fingerprint density at radius 1 is 1.38 bits per heavy atom. The third-order valence-electron chi connectivity index (χ3n) is 3.06. The van der Waals surface area contributed by atoms with Crippen LogP contribution in [0.1, 0.15) is 31.4 Å². The highest BCUT2D eigenvalue weighted by Crippen LogP contribution is 2.24. The molecule has 0 amide bonds. The third-order valence-corrected chi connectivity index (χ3v) is 3.06. The van der Waals surface area contributed by atoms with Crippen LogP contribution >= 0.6 is 0 Å². The van der Waals surface area contributed by atoms with E-state index in [1.165, 1.54) is 12.0 Å². The van der Waals surface area contributed by atoms with Gasteiger partial charge in [-0.15, -0.1) is 0 Å². The van der Waals surface area contributed by atoms with Crippen molar-refractivity contribution in [2.45, 2.75) is 31.8 Å². The van der Waals surface area contributed by atoms with Crippen LogP contribution in [0.5, 0.6) is 5.75 Å². The fraction of sp³-hybridized carbons (Fsp3) is 0.538. The Bertz CT molecular complexity index is 323. The SMILES string of the molecule is CCOc1ccc(C2NCCCC2N)cc1. The van der Waals surface area contributed by atoms with E-state index < -0.39 is 0 Å². The molecule has 2 unspecified atom stereocenters. The zero-order chi connectivity index (χ0) is 11.4. The Morgan fingerprint density at radius 3 is 2.75 bits per heavy atom. The van der Waals surface area contributed by atoms with Crippen LogP contribution in [0.15, 0.2) is 24.3 Å². The van der Waals surface area contributed by atoms with Crippen molar-refractivity contribution in [1.82, 2.24) is 5.32 Å². The summed E-state index contributed by atoms with van der Waals surface area (Å²) in [5.41, 5.74) is 7.37. The average molecular weight is 220 g/mol. The summed E-state index contributed by atoms with van der Waals surface area (Å²) >= 11 is 0. The van der Waals surface area contributed by atoms with Crippen LogP contribution in [-0.4, -0.2) is 19.2 Å². The molecule has 1 heterocycles. The first-order valence-electron chi connectivity index (χ1n) is 6.03. The summed E-state index contributed by atoms with van der Waals surface area (Å²) in [6, 6.07) is 8.77. The maximum atomic E-state index is 6.11. The van der Waals surface area contributed by atoms with E-state index in [0.717, 1.165) is 18.7 Å². The molecule has 0 saturated carbocycles. The van der Waals surface area contributed by atoms with E-state index in [1.807, 2.05) is 19.1 Å². The van der Waals surface area contributed by atoms with Gasteiger partial charge < -0.3 is 15.8 Å². The Hall–Kier alpha value is -1.06. The zero-order valence-corrected chi connectivity index (χ0v) is 9.78. The lowest BCUT2D eigenvalue weighted by atomic mass is 9.93. The largest absolute Gasteiger partial charge is 0.494 e. The molecule has 1 saturated heterocycles. The number of piperidine rings is 1. The molecular weight excluding hydrogens is 200 g/mol. The molecule has 0 aliphatic carbocycles. The Kier molecular flexibility index (Phi) is 3.80. The second-order valence-electron chi connectivity index (χ2n) is 4.24. The minimum atomic E-state index is 0.228. The van der Waals surface area contributed by atoms with Gasteiger partial charge >= 0.3 is 0 Å². The van der Waals surface area contributed by atoms with Crippen LogP contribution in [0.2, 0.25) is 0 Å². The third kappa shape index (κ3) is 2.54. The van der Waals surface area contributed by atoms with Crippen LogP contribution in [-0.2, 0) is 0 Å². The lowest BCUT2D eigenvalue weighted by Crippen LogP contribution is -2.42. The van der Waals surface area contributed by atoms with Gasteiger partial charge in [0.1, 0.15) is 5.75 Å². The minimum Gasteiger partial charge on any atom is -0.494 e. The Balaban J connectivity index is 2.08. The van der Waals surface area contributed by atoms with Crippen LogP contribution in [0.25, 0.3) is 0 Å². The molecule has 0 radical (unpaired) electrons. The topological polar surface area (TPSA) is 47.3 Å². The van der Waals surface area contributed by atoms with Gasteiger partial charge in [-0.3, -0.25) is 0 Å². The lowest BCUT2D eigenvalue weighted by molar-refractivity contribution is 0.338. The van der Waals surface area contributed by atoms with E-state index in [2.05, 4.69) is 17.4 Å². The van der Waals surface area contributed by atoms with E-state index in [0.29, 0.717) is 12.6 Å². The minimum absolute atomic E-state index is 0.228. The second kappa shape index (κ2) is 5.32. The van der Waals surface area contributed by atoms with Gasteiger partial charge in [-0.05, 0) is 44.0 Å². The van der Waals surface area contributed by atoms with Crippen molar-refractivity contribution < 1.29 is 4.74 Å². The van der Waals surface area contributed by atoms with Gasteiger partial charge in [0.25, 0.3) is 0 Å². The highest BCUT2D eigenvalue weighted by Gasteiger charge is 2.22. The fourth-order valence-electron chi connectivity index (χ4n) is 2.22. The number of ether oxygens (including phenoxy) is 1. The normalized spacial score (nSPS) is 25.4. The summed E-state index contributed by atoms with van der Waals surface area (Å²) < 4.78 is 5.42. The number of nitrogens with two attached hydrogens (primary N) is 1. The van der Waals surface area contributed by atoms with Crippen molar-refractivity contribution in [1.29, 1.82) is 0 Å². The molecular formula is C13H20N2O. The number of rotatable bonds is 3. The smallest absolute Gasteiger partial charge is 0.119 e. The monoisotopic (exact) mass is 220 g/mol. The van der Waals surface area contributed by atoms with Crippen LogP contribution in [0.3, 0.4) is 0 Å². The van der Waals surface area contributed by atoms with Gasteiger partial charge in [0.15, 0.2) is 0 Å². The van der Waals surface area contributed by atoms with E-state index >= 15 is 0 Å². The molecule has 2 atom stereocenters. The highest BCUT2D eigenvalue weighted by atomic mass is 16.5. The van der Waals surface area contributed by atoms with Crippen molar-refractivity contribution in [3.63, 3.8) is 0 Å². The summed E-state index contributed by atoms with van der Waals surface area (Å²) in [5, 5.41) is 3.47. The quantitative estimate of drug-likeness (QED) is 0.817. The molecule has 1 aliphatic rings. The van der Waals surface area contributed by atoms with E-state index in [4.69, 9.17) is 10.5 Å². The van der Waals surface area contributed by atoms with Gasteiger partial charge in [0, 0.05) is 12.1 Å². The molecule has 0 spiro atoms. The molecule has 1 aromatic carbocycles. The van der Waals surface area contributed by atoms with Crippen molar-refractivity contribution >= 4 is 0 Å². The predicted octanol–water partition coefficient (Wildman–Crippen LogP) is 1.84. The average Bonchev–Trinajstić information content (AvgIpc) is 2.31. The lowest BCUT2D eigenvalue weighted by Gasteiger charge is -2.30. The molecule has 3 N–H and O–H groups in total. The summed E-state index contributed by atoms with van der Waals surface area (Å²) in [6.07, 6.45) is 2.28. The molecule has 16 heavy (non-hydrogen) atoms. The zero-order valence-electron chi connectivity index (χ0n) is 9.78. The van der Waals surface area contributed by atoms with E-state index in [-0.39, 0.29) is 6.04 Å². The maximum Gasteiger partial charge on any atom is 0.119 e. The molecule has 2 rings (SSSR count). The summed E-state index contributed by atoms with van der Waals surface area (Å²) in [4.78, 5) is 0. The molecule has 0 aromatic heterocycles. The van der Waals surface area contributed by atoms with Crippen molar-refractivity contribution in [2.24, 2.45) is 5.73 Å². The Morgan fingerprint density at radius 2 is 2.12 bits per heavy atom. The summed E-state index contributed by atoms with van der Waals surface area (Å²) in [6.45, 7) is 3.76. The first-order chi connectivity index (χ1) is 7.81. The van der Waals surface area contributed by atoms with E-state index in [9.17, 15) is 0 Å². The van der Waals surface area contributed by atoms with Crippen LogP contribution < -0.4 is 15.8 Å². The molecule has 1 fully saturated rings. The number of hydrogen-bond acceptors (Lipinski definition) is 3. The van der Waals surface area contributed by atoms with Crippen molar-refractivity contribution in [2.75, 3.05) is 13.2 Å². The Labute approximate surface area is 97.0 Å². The standard InChI is InChI=1S/C13H20N2O/c1-2-16-11-7-5-10(6-8-11)13-12(14)4-3-9-15-13/h5-8,12-13,15H,2-4,9,14H2,1H3. The maximum absolute atomic E-state index is 6.11. The van der Waals surface area contributed by atoms with E-state index in [1.54, 1.807) is 0 Å². The second-order valence-corrected chi connectivity index (χ2v) is 4.24. The van der Waals surface area contributed by atoms with Crippen LogP contribution in [0, 0.1) is 0 Å². The molecule has 1 aromatic rings. The number of benzene rings is 1. The van der Waals surface area contributed by atoms with Gasteiger partial charge in [-0.2, -0.15) is 0 Å².